The molecular formula is C21H21N3O2. The molecule has 0 unspecified atom stereocenters. The standard InChI is InChI=1S/C21H21N3O2/c25-20(11-14-23-13-10-16-5-1-2-8-19(16)23)22-17-6-3-7-18(15-17)24-12-4-9-21(24)26/h1-3,5-8,10,13,15H,4,9,11-12,14H2,(H,22,25). The third-order valence-corrected chi connectivity index (χ3v) is 4.77. The van der Waals surface area contributed by atoms with Gasteiger partial charge in [0.2, 0.25) is 11.8 Å². The monoisotopic (exact) mass is 347 g/mol. The van der Waals surface area contributed by atoms with E-state index in [1.54, 1.807) is 4.90 Å². The number of carbonyl (C=O) groups is 2. The molecule has 0 saturated carbocycles. The molecule has 1 N–H and O–H groups in total. The summed E-state index contributed by atoms with van der Waals surface area (Å²) in [4.78, 5) is 26.0. The van der Waals surface area contributed by atoms with Crippen molar-refractivity contribution in [3.8, 4) is 0 Å². The number of nitrogens with zero attached hydrogens (tertiary/aromatic N) is 2. The number of hydrogen-bond acceptors (Lipinski definition) is 2. The average molecular weight is 347 g/mol. The first-order valence-electron chi connectivity index (χ1n) is 8.95. The molecule has 0 spiro atoms. The third kappa shape index (κ3) is 3.33. The Morgan fingerprint density at radius 1 is 1.08 bits per heavy atom. The van der Waals surface area contributed by atoms with Crippen LogP contribution in [0.25, 0.3) is 10.9 Å². The minimum Gasteiger partial charge on any atom is -0.347 e. The summed E-state index contributed by atoms with van der Waals surface area (Å²) >= 11 is 0. The number of aryl methyl sites for hydroxylation is 1. The van der Waals surface area contributed by atoms with Gasteiger partial charge in [0.05, 0.1) is 0 Å². The van der Waals surface area contributed by atoms with E-state index in [2.05, 4.69) is 28.1 Å². The minimum atomic E-state index is -0.0346. The number of anilines is 2. The number of hydrogen-bond donors (Lipinski definition) is 1. The summed E-state index contributed by atoms with van der Waals surface area (Å²) in [5.41, 5.74) is 2.71. The molecule has 3 aromatic rings. The maximum absolute atomic E-state index is 12.3. The topological polar surface area (TPSA) is 54.3 Å². The first-order valence-corrected chi connectivity index (χ1v) is 8.95. The van der Waals surface area contributed by atoms with E-state index >= 15 is 0 Å². The maximum atomic E-state index is 12.3. The van der Waals surface area contributed by atoms with Crippen LogP contribution in [0.2, 0.25) is 0 Å². The molecule has 2 aromatic carbocycles. The van der Waals surface area contributed by atoms with Gasteiger partial charge in [-0.2, -0.15) is 0 Å². The number of para-hydroxylation sites is 1. The van der Waals surface area contributed by atoms with Crippen LogP contribution in [0.1, 0.15) is 19.3 Å². The highest BCUT2D eigenvalue weighted by molar-refractivity contribution is 5.97. The fraction of sp³-hybridized carbons (Fsp3) is 0.238. The summed E-state index contributed by atoms with van der Waals surface area (Å²) in [5, 5.41) is 4.12. The van der Waals surface area contributed by atoms with Crippen molar-refractivity contribution < 1.29 is 9.59 Å². The second kappa shape index (κ2) is 7.04. The minimum absolute atomic E-state index is 0.0346. The van der Waals surface area contributed by atoms with Crippen molar-refractivity contribution in [2.75, 3.05) is 16.8 Å². The van der Waals surface area contributed by atoms with Crippen molar-refractivity contribution in [2.45, 2.75) is 25.8 Å². The van der Waals surface area contributed by atoms with E-state index in [1.807, 2.05) is 42.6 Å². The normalized spacial score (nSPS) is 14.2. The smallest absolute Gasteiger partial charge is 0.227 e. The molecule has 132 valence electrons. The van der Waals surface area contributed by atoms with Crippen LogP contribution < -0.4 is 10.2 Å². The SMILES string of the molecule is O=C(CCn1ccc2ccccc21)Nc1cccc(N2CCCC2=O)c1. The molecule has 26 heavy (non-hydrogen) atoms. The summed E-state index contributed by atoms with van der Waals surface area (Å²) in [5.74, 6) is 0.112. The molecule has 0 radical (unpaired) electrons. The molecule has 1 aliphatic rings. The number of aromatic nitrogens is 1. The number of rotatable bonds is 5. The summed E-state index contributed by atoms with van der Waals surface area (Å²) < 4.78 is 2.09. The van der Waals surface area contributed by atoms with E-state index in [0.717, 1.165) is 29.9 Å². The van der Waals surface area contributed by atoms with Crippen LogP contribution in [0.4, 0.5) is 11.4 Å². The Morgan fingerprint density at radius 2 is 1.96 bits per heavy atom. The van der Waals surface area contributed by atoms with Gasteiger partial charge in [0, 0.05) is 49.0 Å². The lowest BCUT2D eigenvalue weighted by Crippen LogP contribution is -2.23. The van der Waals surface area contributed by atoms with Crippen molar-refractivity contribution in [1.29, 1.82) is 0 Å². The second-order valence-corrected chi connectivity index (χ2v) is 6.57. The molecule has 0 atom stereocenters. The van der Waals surface area contributed by atoms with E-state index < -0.39 is 0 Å². The van der Waals surface area contributed by atoms with Gasteiger partial charge in [-0.1, -0.05) is 24.3 Å². The van der Waals surface area contributed by atoms with Gasteiger partial charge >= 0.3 is 0 Å². The summed E-state index contributed by atoms with van der Waals surface area (Å²) in [7, 11) is 0. The predicted octanol–water partition coefficient (Wildman–Crippen LogP) is 3.80. The van der Waals surface area contributed by atoms with Gasteiger partial charge in [-0.25, -0.2) is 0 Å². The number of benzene rings is 2. The summed E-state index contributed by atoms with van der Waals surface area (Å²) in [6.45, 7) is 1.38. The van der Waals surface area contributed by atoms with E-state index in [0.29, 0.717) is 19.4 Å². The second-order valence-electron chi connectivity index (χ2n) is 6.57. The zero-order chi connectivity index (χ0) is 17.9. The molecule has 1 aromatic heterocycles. The first kappa shape index (κ1) is 16.4. The van der Waals surface area contributed by atoms with E-state index in [1.165, 1.54) is 5.39 Å². The van der Waals surface area contributed by atoms with Crippen molar-refractivity contribution in [3.63, 3.8) is 0 Å². The molecule has 2 amide bonds. The molecule has 1 saturated heterocycles. The van der Waals surface area contributed by atoms with Crippen LogP contribution in [0.5, 0.6) is 0 Å². The van der Waals surface area contributed by atoms with E-state index in [9.17, 15) is 9.59 Å². The fourth-order valence-corrected chi connectivity index (χ4v) is 3.45. The number of fused-ring (bicyclic) bond motifs is 1. The van der Waals surface area contributed by atoms with Gasteiger partial charge in [0.15, 0.2) is 0 Å². The molecule has 1 aliphatic heterocycles. The Morgan fingerprint density at radius 3 is 2.81 bits per heavy atom. The highest BCUT2D eigenvalue weighted by Gasteiger charge is 2.21. The van der Waals surface area contributed by atoms with Crippen molar-refractivity contribution in [1.82, 2.24) is 4.57 Å². The van der Waals surface area contributed by atoms with E-state index in [4.69, 9.17) is 0 Å². The van der Waals surface area contributed by atoms with Crippen LogP contribution >= 0.6 is 0 Å². The number of amides is 2. The fourth-order valence-electron chi connectivity index (χ4n) is 3.45. The molecule has 5 nitrogen and oxygen atoms in total. The molecule has 5 heteroatoms. The molecule has 1 fully saturated rings. The highest BCUT2D eigenvalue weighted by atomic mass is 16.2. The Kier molecular flexibility index (Phi) is 4.44. The predicted molar refractivity (Wildman–Crippen MR) is 103 cm³/mol. The number of carbonyl (C=O) groups excluding carboxylic acids is 2. The number of nitrogens with one attached hydrogen (secondary N) is 1. The van der Waals surface area contributed by atoms with Crippen molar-refractivity contribution >= 4 is 34.1 Å². The lowest BCUT2D eigenvalue weighted by Gasteiger charge is -2.16. The Balaban J connectivity index is 1.40. The molecule has 2 heterocycles. The summed E-state index contributed by atoms with van der Waals surface area (Å²) in [6, 6.07) is 17.7. The zero-order valence-corrected chi connectivity index (χ0v) is 14.5. The van der Waals surface area contributed by atoms with Gasteiger partial charge in [0.1, 0.15) is 0 Å². The lowest BCUT2D eigenvalue weighted by molar-refractivity contribution is -0.117. The Bertz CT molecular complexity index is 961. The van der Waals surface area contributed by atoms with Crippen LogP contribution in [-0.4, -0.2) is 22.9 Å². The molecule has 4 rings (SSSR count). The third-order valence-electron chi connectivity index (χ3n) is 4.77. The quantitative estimate of drug-likeness (QED) is 0.763. The average Bonchev–Trinajstić information content (AvgIpc) is 3.26. The van der Waals surface area contributed by atoms with Gasteiger partial charge in [-0.05, 0) is 42.1 Å². The van der Waals surface area contributed by atoms with Gasteiger partial charge in [0.25, 0.3) is 0 Å². The van der Waals surface area contributed by atoms with Crippen LogP contribution in [-0.2, 0) is 16.1 Å². The van der Waals surface area contributed by atoms with Crippen LogP contribution in [0.3, 0.4) is 0 Å². The maximum Gasteiger partial charge on any atom is 0.227 e. The van der Waals surface area contributed by atoms with Crippen molar-refractivity contribution in [3.05, 3.63) is 60.8 Å². The largest absolute Gasteiger partial charge is 0.347 e. The van der Waals surface area contributed by atoms with Gasteiger partial charge < -0.3 is 14.8 Å². The van der Waals surface area contributed by atoms with E-state index in [-0.39, 0.29) is 11.8 Å². The van der Waals surface area contributed by atoms with Gasteiger partial charge in [-0.3, -0.25) is 9.59 Å². The summed E-state index contributed by atoms with van der Waals surface area (Å²) in [6.07, 6.45) is 3.89. The lowest BCUT2D eigenvalue weighted by atomic mass is 10.2. The Labute approximate surface area is 152 Å². The highest BCUT2D eigenvalue weighted by Crippen LogP contribution is 2.24. The van der Waals surface area contributed by atoms with Crippen molar-refractivity contribution in [2.24, 2.45) is 0 Å². The Hall–Kier alpha value is -3.08. The van der Waals surface area contributed by atoms with Crippen LogP contribution in [0, 0.1) is 0 Å². The molecule has 0 bridgehead atoms. The first-order chi connectivity index (χ1) is 12.7. The van der Waals surface area contributed by atoms with Crippen LogP contribution in [0.15, 0.2) is 60.8 Å². The van der Waals surface area contributed by atoms with Gasteiger partial charge in [-0.15, -0.1) is 0 Å². The zero-order valence-electron chi connectivity index (χ0n) is 14.5. The molecule has 0 aliphatic carbocycles. The molecular weight excluding hydrogens is 326 g/mol.